The Morgan fingerprint density at radius 2 is 2.14 bits per heavy atom. The molecule has 0 aliphatic carbocycles. The molecule has 21 heavy (non-hydrogen) atoms. The molecule has 1 aliphatic rings. The number of amidine groups is 1. The summed E-state index contributed by atoms with van der Waals surface area (Å²) in [5.74, 6) is -0.315. The average Bonchev–Trinajstić information content (AvgIpc) is 2.45. The summed E-state index contributed by atoms with van der Waals surface area (Å²) in [6.07, 6.45) is -2.19. The third-order valence-electron chi connectivity index (χ3n) is 3.57. The van der Waals surface area contributed by atoms with Gasteiger partial charge in [-0.25, -0.2) is 4.98 Å². The van der Waals surface area contributed by atoms with Crippen LogP contribution in [-0.4, -0.2) is 35.1 Å². The second-order valence-electron chi connectivity index (χ2n) is 5.00. The van der Waals surface area contributed by atoms with E-state index in [2.05, 4.69) is 4.98 Å². The minimum atomic E-state index is -4.56. The standard InChI is InChI=1S/C13H17F3N4O/c14-13(15,16)10-5-4-9(11(17)18)12(19-10)20-6-2-1-3-8(20)7-21/h4-5,8,21H,1-3,6-7H2,(H3,17,18). The normalized spacial score (nSPS) is 19.6. The predicted molar refractivity (Wildman–Crippen MR) is 72.3 cm³/mol. The molecular formula is C13H17F3N4O. The highest BCUT2D eigenvalue weighted by atomic mass is 19.4. The first-order chi connectivity index (χ1) is 9.84. The number of halogens is 3. The molecule has 1 aliphatic heterocycles. The van der Waals surface area contributed by atoms with Gasteiger partial charge in [0.05, 0.1) is 18.2 Å². The molecule has 0 spiro atoms. The topological polar surface area (TPSA) is 86.2 Å². The highest BCUT2D eigenvalue weighted by Gasteiger charge is 2.35. The van der Waals surface area contributed by atoms with Crippen molar-refractivity contribution in [1.82, 2.24) is 4.98 Å². The molecule has 1 atom stereocenters. The molecule has 8 heteroatoms. The van der Waals surface area contributed by atoms with Crippen molar-refractivity contribution in [2.45, 2.75) is 31.5 Å². The fraction of sp³-hybridized carbons (Fsp3) is 0.538. The Bertz CT molecular complexity index is 533. The number of anilines is 1. The molecular weight excluding hydrogens is 285 g/mol. The fourth-order valence-electron chi connectivity index (χ4n) is 2.50. The molecule has 116 valence electrons. The molecule has 1 saturated heterocycles. The van der Waals surface area contributed by atoms with Crippen LogP contribution in [0.15, 0.2) is 12.1 Å². The Kier molecular flexibility index (Phi) is 4.36. The molecule has 0 aromatic carbocycles. The van der Waals surface area contributed by atoms with Crippen LogP contribution in [0.4, 0.5) is 19.0 Å². The minimum Gasteiger partial charge on any atom is -0.394 e. The van der Waals surface area contributed by atoms with Crippen LogP contribution >= 0.6 is 0 Å². The highest BCUT2D eigenvalue weighted by molar-refractivity contribution is 5.99. The Balaban J connectivity index is 2.49. The van der Waals surface area contributed by atoms with Gasteiger partial charge in [0.1, 0.15) is 17.3 Å². The van der Waals surface area contributed by atoms with E-state index < -0.39 is 11.9 Å². The number of rotatable bonds is 3. The summed E-state index contributed by atoms with van der Waals surface area (Å²) >= 11 is 0. The fourth-order valence-corrected chi connectivity index (χ4v) is 2.50. The highest BCUT2D eigenvalue weighted by Crippen LogP contribution is 2.32. The van der Waals surface area contributed by atoms with Crippen molar-refractivity contribution in [3.63, 3.8) is 0 Å². The number of nitrogen functional groups attached to an aromatic ring is 1. The van der Waals surface area contributed by atoms with Gasteiger partial charge >= 0.3 is 6.18 Å². The summed E-state index contributed by atoms with van der Waals surface area (Å²) in [4.78, 5) is 5.28. The molecule has 0 amide bonds. The predicted octanol–water partition coefficient (Wildman–Crippen LogP) is 1.74. The van der Waals surface area contributed by atoms with Gasteiger partial charge in [-0.05, 0) is 31.4 Å². The molecule has 5 nitrogen and oxygen atoms in total. The van der Waals surface area contributed by atoms with Gasteiger partial charge in [-0.1, -0.05) is 0 Å². The van der Waals surface area contributed by atoms with Crippen LogP contribution in [0.1, 0.15) is 30.5 Å². The third-order valence-corrected chi connectivity index (χ3v) is 3.57. The summed E-state index contributed by atoms with van der Waals surface area (Å²) in [6, 6.07) is 1.68. The summed E-state index contributed by atoms with van der Waals surface area (Å²) in [5.41, 5.74) is 4.57. The first-order valence-electron chi connectivity index (χ1n) is 6.64. The number of nitrogens with one attached hydrogen (secondary N) is 1. The zero-order chi connectivity index (χ0) is 15.6. The molecule has 1 aromatic heterocycles. The van der Waals surface area contributed by atoms with Gasteiger partial charge in [-0.15, -0.1) is 0 Å². The van der Waals surface area contributed by atoms with Crippen LogP contribution in [0.5, 0.6) is 0 Å². The van der Waals surface area contributed by atoms with Crippen LogP contribution in [-0.2, 0) is 6.18 Å². The number of hydrogen-bond acceptors (Lipinski definition) is 4. The van der Waals surface area contributed by atoms with E-state index in [0.29, 0.717) is 13.0 Å². The van der Waals surface area contributed by atoms with Crippen LogP contribution in [0.3, 0.4) is 0 Å². The van der Waals surface area contributed by atoms with E-state index in [4.69, 9.17) is 11.1 Å². The molecule has 0 radical (unpaired) electrons. The maximum Gasteiger partial charge on any atom is 0.433 e. The van der Waals surface area contributed by atoms with Crippen LogP contribution in [0.25, 0.3) is 0 Å². The summed E-state index contributed by atoms with van der Waals surface area (Å²) in [7, 11) is 0. The van der Waals surface area contributed by atoms with Crippen molar-refractivity contribution in [2.75, 3.05) is 18.1 Å². The summed E-state index contributed by atoms with van der Waals surface area (Å²) in [5, 5.41) is 16.9. The molecule has 0 saturated carbocycles. The summed E-state index contributed by atoms with van der Waals surface area (Å²) < 4.78 is 38.5. The lowest BCUT2D eigenvalue weighted by atomic mass is 10.0. The van der Waals surface area contributed by atoms with E-state index in [1.165, 1.54) is 0 Å². The van der Waals surface area contributed by atoms with Crippen LogP contribution in [0, 0.1) is 5.41 Å². The van der Waals surface area contributed by atoms with E-state index >= 15 is 0 Å². The van der Waals surface area contributed by atoms with Crippen molar-refractivity contribution in [2.24, 2.45) is 5.73 Å². The first-order valence-corrected chi connectivity index (χ1v) is 6.64. The van der Waals surface area contributed by atoms with E-state index in [1.807, 2.05) is 0 Å². The second-order valence-corrected chi connectivity index (χ2v) is 5.00. The lowest BCUT2D eigenvalue weighted by Gasteiger charge is -2.36. The lowest BCUT2D eigenvalue weighted by Crippen LogP contribution is -2.43. The largest absolute Gasteiger partial charge is 0.433 e. The van der Waals surface area contributed by atoms with E-state index in [-0.39, 0.29) is 29.9 Å². The third kappa shape index (κ3) is 3.26. The van der Waals surface area contributed by atoms with Gasteiger partial charge in [-0.2, -0.15) is 13.2 Å². The van der Waals surface area contributed by atoms with Gasteiger partial charge in [0.15, 0.2) is 0 Å². The second kappa shape index (κ2) is 5.88. The number of piperidine rings is 1. The Labute approximate surface area is 120 Å². The SMILES string of the molecule is N=C(N)c1ccc(C(F)(F)F)nc1N1CCCCC1CO. The monoisotopic (exact) mass is 302 g/mol. The van der Waals surface area contributed by atoms with Gasteiger partial charge in [0, 0.05) is 6.54 Å². The van der Waals surface area contributed by atoms with Crippen molar-refractivity contribution in [3.05, 3.63) is 23.4 Å². The first kappa shape index (κ1) is 15.6. The van der Waals surface area contributed by atoms with Crippen molar-refractivity contribution in [1.29, 1.82) is 5.41 Å². The molecule has 1 unspecified atom stereocenters. The number of aliphatic hydroxyl groups excluding tert-OH is 1. The number of alkyl halides is 3. The smallest absolute Gasteiger partial charge is 0.394 e. The summed E-state index contributed by atoms with van der Waals surface area (Å²) in [6.45, 7) is 0.315. The molecule has 1 fully saturated rings. The average molecular weight is 302 g/mol. The zero-order valence-corrected chi connectivity index (χ0v) is 11.3. The van der Waals surface area contributed by atoms with Crippen LogP contribution in [0.2, 0.25) is 0 Å². The number of aromatic nitrogens is 1. The molecule has 4 N–H and O–H groups in total. The maximum absolute atomic E-state index is 12.8. The Morgan fingerprint density at radius 3 is 2.71 bits per heavy atom. The maximum atomic E-state index is 12.8. The van der Waals surface area contributed by atoms with Crippen molar-refractivity contribution >= 4 is 11.7 Å². The quantitative estimate of drug-likeness (QED) is 0.586. The zero-order valence-electron chi connectivity index (χ0n) is 11.3. The van der Waals surface area contributed by atoms with Gasteiger partial charge in [0.2, 0.25) is 0 Å². The Morgan fingerprint density at radius 1 is 1.43 bits per heavy atom. The van der Waals surface area contributed by atoms with Gasteiger partial charge < -0.3 is 15.7 Å². The lowest BCUT2D eigenvalue weighted by molar-refractivity contribution is -0.141. The number of pyridine rings is 1. The van der Waals surface area contributed by atoms with E-state index in [1.54, 1.807) is 4.90 Å². The molecule has 1 aromatic rings. The number of hydrogen-bond donors (Lipinski definition) is 3. The van der Waals surface area contributed by atoms with E-state index in [0.717, 1.165) is 25.0 Å². The number of nitrogens with two attached hydrogens (primary N) is 1. The number of aliphatic hydroxyl groups is 1. The van der Waals surface area contributed by atoms with Crippen molar-refractivity contribution in [3.8, 4) is 0 Å². The molecule has 2 heterocycles. The van der Waals surface area contributed by atoms with Gasteiger partial charge in [0.25, 0.3) is 0 Å². The molecule has 0 bridgehead atoms. The van der Waals surface area contributed by atoms with Crippen LogP contribution < -0.4 is 10.6 Å². The Hall–Kier alpha value is -1.83. The van der Waals surface area contributed by atoms with E-state index in [9.17, 15) is 18.3 Å². The minimum absolute atomic E-state index is 0.0241. The van der Waals surface area contributed by atoms with Gasteiger partial charge in [-0.3, -0.25) is 5.41 Å². The number of nitrogens with zero attached hydrogens (tertiary/aromatic N) is 2. The van der Waals surface area contributed by atoms with Crippen molar-refractivity contribution < 1.29 is 18.3 Å². The molecule has 2 rings (SSSR count).